The van der Waals surface area contributed by atoms with Crippen molar-refractivity contribution in [1.29, 1.82) is 0 Å². The molecule has 0 unspecified atom stereocenters. The van der Waals surface area contributed by atoms with E-state index in [2.05, 4.69) is 12.2 Å². The first-order valence-corrected chi connectivity index (χ1v) is 10.8. The van der Waals surface area contributed by atoms with E-state index in [1.807, 2.05) is 4.90 Å². The smallest absolute Gasteiger partial charge is 0.264 e. The van der Waals surface area contributed by atoms with Gasteiger partial charge in [-0.2, -0.15) is 4.31 Å². The van der Waals surface area contributed by atoms with Gasteiger partial charge in [-0.15, -0.1) is 11.3 Å². The minimum atomic E-state index is -3.47. The molecular formula is C16H25N3O3S2. The highest BCUT2D eigenvalue weighted by Crippen LogP contribution is 2.29. The van der Waals surface area contributed by atoms with Gasteiger partial charge in [-0.25, -0.2) is 8.42 Å². The number of hydrogen-bond donors (Lipinski definition) is 1. The Hall–Kier alpha value is -0.960. The van der Waals surface area contributed by atoms with E-state index in [0.717, 1.165) is 50.2 Å². The molecule has 1 aromatic heterocycles. The Morgan fingerprint density at radius 2 is 1.92 bits per heavy atom. The van der Waals surface area contributed by atoms with Crippen LogP contribution in [0.3, 0.4) is 0 Å². The first-order chi connectivity index (χ1) is 11.5. The molecule has 0 atom stereocenters. The lowest BCUT2D eigenvalue weighted by molar-refractivity contribution is 0.0771. The number of rotatable bonds is 3. The zero-order valence-electron chi connectivity index (χ0n) is 14.0. The third kappa shape index (κ3) is 3.82. The largest absolute Gasteiger partial charge is 0.337 e. The second-order valence-electron chi connectivity index (χ2n) is 6.60. The van der Waals surface area contributed by atoms with Gasteiger partial charge in [0.1, 0.15) is 4.21 Å². The van der Waals surface area contributed by atoms with E-state index in [0.29, 0.717) is 30.4 Å². The van der Waals surface area contributed by atoms with Crippen LogP contribution >= 0.6 is 11.3 Å². The molecule has 0 bridgehead atoms. The van der Waals surface area contributed by atoms with Gasteiger partial charge in [0.05, 0.1) is 4.88 Å². The van der Waals surface area contributed by atoms with Gasteiger partial charge >= 0.3 is 0 Å². The zero-order valence-corrected chi connectivity index (χ0v) is 15.7. The van der Waals surface area contributed by atoms with E-state index in [4.69, 9.17) is 0 Å². The Bertz CT molecular complexity index is 670. The summed E-state index contributed by atoms with van der Waals surface area (Å²) in [7, 11) is -3.47. The molecular weight excluding hydrogens is 346 g/mol. The van der Waals surface area contributed by atoms with E-state index in [1.165, 1.54) is 0 Å². The summed E-state index contributed by atoms with van der Waals surface area (Å²) in [4.78, 5) is 14.9. The van der Waals surface area contributed by atoms with E-state index >= 15 is 0 Å². The summed E-state index contributed by atoms with van der Waals surface area (Å²) >= 11 is 1.10. The Kier molecular flexibility index (Phi) is 5.59. The molecule has 3 heterocycles. The molecule has 0 radical (unpaired) electrons. The monoisotopic (exact) mass is 371 g/mol. The van der Waals surface area contributed by atoms with Crippen LogP contribution in [-0.2, 0) is 10.0 Å². The molecule has 134 valence electrons. The SMILES string of the molecule is CC1CCN(S(=O)(=O)c2ccc(C(=O)N3CCCNCC3)s2)CC1. The highest BCUT2D eigenvalue weighted by molar-refractivity contribution is 7.91. The molecule has 1 aromatic rings. The van der Waals surface area contributed by atoms with E-state index in [1.54, 1.807) is 16.4 Å². The van der Waals surface area contributed by atoms with Gasteiger partial charge in [-0.3, -0.25) is 4.79 Å². The predicted molar refractivity (Wildman–Crippen MR) is 94.9 cm³/mol. The minimum Gasteiger partial charge on any atom is -0.337 e. The lowest BCUT2D eigenvalue weighted by Crippen LogP contribution is -2.37. The summed E-state index contributed by atoms with van der Waals surface area (Å²) in [6, 6.07) is 3.24. The molecule has 0 saturated carbocycles. The number of thiophene rings is 1. The summed E-state index contributed by atoms with van der Waals surface area (Å²) in [5.41, 5.74) is 0. The average Bonchev–Trinajstić information content (AvgIpc) is 2.92. The lowest BCUT2D eigenvalue weighted by atomic mass is 10.0. The van der Waals surface area contributed by atoms with Gasteiger partial charge in [-0.05, 0) is 43.9 Å². The quantitative estimate of drug-likeness (QED) is 0.876. The van der Waals surface area contributed by atoms with Crippen molar-refractivity contribution in [3.63, 3.8) is 0 Å². The molecule has 8 heteroatoms. The highest BCUT2D eigenvalue weighted by Gasteiger charge is 2.30. The van der Waals surface area contributed by atoms with Gasteiger partial charge < -0.3 is 10.2 Å². The van der Waals surface area contributed by atoms with Crippen molar-refractivity contribution in [2.75, 3.05) is 39.3 Å². The molecule has 0 aliphatic carbocycles. The van der Waals surface area contributed by atoms with Crippen LogP contribution in [0, 0.1) is 5.92 Å². The Morgan fingerprint density at radius 1 is 1.17 bits per heavy atom. The van der Waals surface area contributed by atoms with Crippen molar-refractivity contribution in [1.82, 2.24) is 14.5 Å². The third-order valence-electron chi connectivity index (χ3n) is 4.76. The van der Waals surface area contributed by atoms with Crippen LogP contribution in [0.4, 0.5) is 0 Å². The van der Waals surface area contributed by atoms with Crippen molar-refractivity contribution in [2.24, 2.45) is 5.92 Å². The first-order valence-electron chi connectivity index (χ1n) is 8.58. The molecule has 0 aromatic carbocycles. The van der Waals surface area contributed by atoms with Crippen LogP contribution in [-0.4, -0.2) is 62.8 Å². The number of nitrogens with one attached hydrogen (secondary N) is 1. The number of hydrogen-bond acceptors (Lipinski definition) is 5. The third-order valence-corrected chi connectivity index (χ3v) is 8.20. The number of sulfonamides is 1. The van der Waals surface area contributed by atoms with Crippen LogP contribution in [0.1, 0.15) is 35.9 Å². The van der Waals surface area contributed by atoms with Crippen molar-refractivity contribution < 1.29 is 13.2 Å². The maximum absolute atomic E-state index is 12.8. The van der Waals surface area contributed by atoms with Crippen LogP contribution in [0.2, 0.25) is 0 Å². The fraction of sp³-hybridized carbons (Fsp3) is 0.688. The van der Waals surface area contributed by atoms with Gasteiger partial charge in [0.2, 0.25) is 0 Å². The van der Waals surface area contributed by atoms with Crippen molar-refractivity contribution in [3.05, 3.63) is 17.0 Å². The zero-order chi connectivity index (χ0) is 17.2. The molecule has 3 rings (SSSR count). The molecule has 2 aliphatic rings. The number of carbonyl (C=O) groups is 1. The maximum Gasteiger partial charge on any atom is 0.264 e. The number of carbonyl (C=O) groups excluding carboxylic acids is 1. The normalized spacial score (nSPS) is 21.6. The van der Waals surface area contributed by atoms with E-state index < -0.39 is 10.0 Å². The molecule has 1 amide bonds. The molecule has 6 nitrogen and oxygen atoms in total. The summed E-state index contributed by atoms with van der Waals surface area (Å²) in [6.45, 7) is 6.39. The molecule has 0 spiro atoms. The lowest BCUT2D eigenvalue weighted by Gasteiger charge is -2.28. The van der Waals surface area contributed by atoms with Crippen molar-refractivity contribution in [3.8, 4) is 0 Å². The van der Waals surface area contributed by atoms with E-state index in [9.17, 15) is 13.2 Å². The summed E-state index contributed by atoms with van der Waals surface area (Å²) < 4.78 is 27.4. The Labute approximate surface area is 147 Å². The standard InChI is InChI=1S/C16H25N3O3S2/c1-13-5-10-19(11-6-13)24(21,22)15-4-3-14(23-15)16(20)18-9-2-7-17-8-12-18/h3-4,13,17H,2,5-12H2,1H3. The van der Waals surface area contributed by atoms with Gasteiger partial charge in [0.25, 0.3) is 15.9 Å². The average molecular weight is 372 g/mol. The highest BCUT2D eigenvalue weighted by atomic mass is 32.2. The van der Waals surface area contributed by atoms with Crippen molar-refractivity contribution >= 4 is 27.3 Å². The number of nitrogens with zero attached hydrogens (tertiary/aromatic N) is 2. The second-order valence-corrected chi connectivity index (χ2v) is 9.85. The Morgan fingerprint density at radius 3 is 2.67 bits per heavy atom. The second kappa shape index (κ2) is 7.51. The van der Waals surface area contributed by atoms with E-state index in [-0.39, 0.29) is 10.1 Å². The van der Waals surface area contributed by atoms with Crippen LogP contribution in [0.5, 0.6) is 0 Å². The molecule has 24 heavy (non-hydrogen) atoms. The maximum atomic E-state index is 12.8. The van der Waals surface area contributed by atoms with Crippen LogP contribution < -0.4 is 5.32 Å². The number of amides is 1. The van der Waals surface area contributed by atoms with Gasteiger partial charge in [0, 0.05) is 32.7 Å². The molecule has 2 aliphatic heterocycles. The van der Waals surface area contributed by atoms with Crippen LogP contribution in [0.25, 0.3) is 0 Å². The first kappa shape index (κ1) is 17.8. The summed E-state index contributed by atoms with van der Waals surface area (Å²) in [6.07, 6.45) is 2.72. The molecule has 2 saturated heterocycles. The fourth-order valence-electron chi connectivity index (χ4n) is 3.13. The van der Waals surface area contributed by atoms with Crippen LogP contribution in [0.15, 0.2) is 16.3 Å². The Balaban J connectivity index is 1.73. The molecule has 2 fully saturated rings. The predicted octanol–water partition coefficient (Wildman–Crippen LogP) is 1.60. The topological polar surface area (TPSA) is 69.7 Å². The van der Waals surface area contributed by atoms with Gasteiger partial charge in [-0.1, -0.05) is 6.92 Å². The summed E-state index contributed by atoms with van der Waals surface area (Å²) in [5, 5.41) is 3.27. The summed E-state index contributed by atoms with van der Waals surface area (Å²) in [5.74, 6) is 0.519. The fourth-order valence-corrected chi connectivity index (χ4v) is 6.03. The number of piperidine rings is 1. The van der Waals surface area contributed by atoms with Gasteiger partial charge in [0.15, 0.2) is 0 Å². The van der Waals surface area contributed by atoms with Crippen molar-refractivity contribution in [2.45, 2.75) is 30.4 Å². The minimum absolute atomic E-state index is 0.0579. The molecule has 1 N–H and O–H groups in total.